The molecule has 174 valence electrons. The number of aryl methyl sites for hydroxylation is 3. The van der Waals surface area contributed by atoms with E-state index in [1.165, 1.54) is 5.56 Å². The predicted octanol–water partition coefficient (Wildman–Crippen LogP) is 6.03. The van der Waals surface area contributed by atoms with Gasteiger partial charge in [0.05, 0.1) is 17.6 Å². The second kappa shape index (κ2) is 9.72. The van der Waals surface area contributed by atoms with Crippen LogP contribution in [0.1, 0.15) is 42.1 Å². The number of fused-ring (bicyclic) bond motifs is 1. The second-order valence-electron chi connectivity index (χ2n) is 9.17. The SMILES string of the molecule is Cc1ccc(N2C[C@@H](c3nc4ccccc4n3CCCCOc3ccccc3C)CC2=O)cc1. The number of aromatic nitrogens is 2. The molecule has 0 saturated carbocycles. The molecule has 1 aliphatic heterocycles. The van der Waals surface area contributed by atoms with Gasteiger partial charge in [-0.05, 0) is 62.6 Å². The Morgan fingerprint density at radius 3 is 2.53 bits per heavy atom. The molecule has 5 rings (SSSR count). The van der Waals surface area contributed by atoms with Crippen LogP contribution in [0.2, 0.25) is 0 Å². The number of unbranched alkanes of at least 4 members (excludes halogenated alkanes) is 1. The summed E-state index contributed by atoms with van der Waals surface area (Å²) >= 11 is 0. The van der Waals surface area contributed by atoms with Crippen LogP contribution in [0.15, 0.2) is 72.8 Å². The summed E-state index contributed by atoms with van der Waals surface area (Å²) in [6, 6.07) is 24.6. The summed E-state index contributed by atoms with van der Waals surface area (Å²) in [6.07, 6.45) is 2.44. The summed E-state index contributed by atoms with van der Waals surface area (Å²) in [5.74, 6) is 2.23. The van der Waals surface area contributed by atoms with Crippen molar-refractivity contribution < 1.29 is 9.53 Å². The van der Waals surface area contributed by atoms with Gasteiger partial charge in [0.1, 0.15) is 11.6 Å². The van der Waals surface area contributed by atoms with E-state index in [4.69, 9.17) is 9.72 Å². The highest BCUT2D eigenvalue weighted by Gasteiger charge is 2.34. The van der Waals surface area contributed by atoms with E-state index in [9.17, 15) is 4.79 Å². The summed E-state index contributed by atoms with van der Waals surface area (Å²) in [6.45, 7) is 6.36. The molecule has 0 unspecified atom stereocenters. The van der Waals surface area contributed by atoms with E-state index in [1.807, 2.05) is 41.3 Å². The maximum Gasteiger partial charge on any atom is 0.227 e. The van der Waals surface area contributed by atoms with Gasteiger partial charge in [0.2, 0.25) is 5.91 Å². The predicted molar refractivity (Wildman–Crippen MR) is 137 cm³/mol. The maximum absolute atomic E-state index is 12.9. The molecular formula is C29H31N3O2. The Morgan fingerprint density at radius 1 is 0.941 bits per heavy atom. The summed E-state index contributed by atoms with van der Waals surface area (Å²) in [5, 5.41) is 0. The largest absolute Gasteiger partial charge is 0.493 e. The summed E-state index contributed by atoms with van der Waals surface area (Å²) in [4.78, 5) is 19.8. The van der Waals surface area contributed by atoms with Crippen molar-refractivity contribution in [3.8, 4) is 5.75 Å². The highest BCUT2D eigenvalue weighted by Crippen LogP contribution is 2.33. The van der Waals surface area contributed by atoms with Crippen molar-refractivity contribution in [3.05, 3.63) is 89.7 Å². The minimum atomic E-state index is 0.0874. The lowest BCUT2D eigenvalue weighted by atomic mass is 10.1. The smallest absolute Gasteiger partial charge is 0.227 e. The number of anilines is 1. The number of amides is 1. The van der Waals surface area contributed by atoms with Crippen LogP contribution in [0.5, 0.6) is 5.75 Å². The lowest BCUT2D eigenvalue weighted by Crippen LogP contribution is -2.24. The minimum Gasteiger partial charge on any atom is -0.493 e. The highest BCUT2D eigenvalue weighted by molar-refractivity contribution is 5.96. The number of carbonyl (C=O) groups is 1. The number of benzene rings is 3. The van der Waals surface area contributed by atoms with Crippen molar-refractivity contribution in [3.63, 3.8) is 0 Å². The zero-order valence-electron chi connectivity index (χ0n) is 19.9. The van der Waals surface area contributed by atoms with E-state index in [0.717, 1.165) is 53.2 Å². The van der Waals surface area contributed by atoms with E-state index in [-0.39, 0.29) is 11.8 Å². The van der Waals surface area contributed by atoms with Crippen molar-refractivity contribution in [1.29, 1.82) is 0 Å². The fraction of sp³-hybridized carbons (Fsp3) is 0.310. The van der Waals surface area contributed by atoms with Gasteiger partial charge in [0.15, 0.2) is 0 Å². The molecule has 1 saturated heterocycles. The third-order valence-corrected chi connectivity index (χ3v) is 6.65. The van der Waals surface area contributed by atoms with Crippen LogP contribution in [0.4, 0.5) is 5.69 Å². The van der Waals surface area contributed by atoms with Crippen molar-refractivity contribution in [2.45, 2.75) is 45.6 Å². The molecular weight excluding hydrogens is 422 g/mol. The summed E-state index contributed by atoms with van der Waals surface area (Å²) < 4.78 is 8.30. The van der Waals surface area contributed by atoms with Crippen LogP contribution >= 0.6 is 0 Å². The molecule has 0 aliphatic carbocycles. The van der Waals surface area contributed by atoms with Gasteiger partial charge >= 0.3 is 0 Å². The molecule has 0 spiro atoms. The number of carbonyl (C=O) groups excluding carboxylic acids is 1. The van der Waals surface area contributed by atoms with Gasteiger partial charge in [-0.3, -0.25) is 4.79 Å². The Morgan fingerprint density at radius 2 is 1.71 bits per heavy atom. The monoisotopic (exact) mass is 453 g/mol. The lowest BCUT2D eigenvalue weighted by molar-refractivity contribution is -0.117. The Kier molecular flexibility index (Phi) is 6.35. The number of hydrogen-bond acceptors (Lipinski definition) is 3. The Labute approximate surface area is 201 Å². The number of nitrogens with zero attached hydrogens (tertiary/aromatic N) is 3. The fourth-order valence-corrected chi connectivity index (χ4v) is 4.77. The van der Waals surface area contributed by atoms with Gasteiger partial charge in [-0.1, -0.05) is 48.0 Å². The minimum absolute atomic E-state index is 0.0874. The van der Waals surface area contributed by atoms with Gasteiger partial charge in [-0.25, -0.2) is 4.98 Å². The van der Waals surface area contributed by atoms with Crippen LogP contribution in [0, 0.1) is 13.8 Å². The molecule has 1 aromatic heterocycles. The standard InChI is InChI=1S/C29H31N3O2/c1-21-13-15-24(16-14-21)32-20-23(19-28(32)33)29-30-25-10-4-5-11-26(25)31(29)17-7-8-18-34-27-12-6-3-9-22(27)2/h3-6,9-16,23H,7-8,17-20H2,1-2H3/t23-/m0/s1. The highest BCUT2D eigenvalue weighted by atomic mass is 16.5. The molecule has 1 atom stereocenters. The summed E-state index contributed by atoms with van der Waals surface area (Å²) in [5.41, 5.74) is 5.46. The fourth-order valence-electron chi connectivity index (χ4n) is 4.77. The van der Waals surface area contributed by atoms with E-state index >= 15 is 0 Å². The molecule has 34 heavy (non-hydrogen) atoms. The van der Waals surface area contributed by atoms with Crippen molar-refractivity contribution >= 4 is 22.6 Å². The molecule has 0 N–H and O–H groups in total. The van der Waals surface area contributed by atoms with Crippen molar-refractivity contribution in [2.24, 2.45) is 0 Å². The number of imidazole rings is 1. The van der Waals surface area contributed by atoms with E-state index in [2.05, 4.69) is 54.8 Å². The van der Waals surface area contributed by atoms with Gasteiger partial charge in [0.25, 0.3) is 0 Å². The molecule has 2 heterocycles. The van der Waals surface area contributed by atoms with Crippen LogP contribution in [-0.2, 0) is 11.3 Å². The topological polar surface area (TPSA) is 47.4 Å². The van der Waals surface area contributed by atoms with E-state index in [1.54, 1.807) is 0 Å². The van der Waals surface area contributed by atoms with Crippen molar-refractivity contribution in [1.82, 2.24) is 9.55 Å². The first kappa shape index (κ1) is 22.2. The molecule has 1 amide bonds. The normalized spacial score (nSPS) is 15.9. The average molecular weight is 454 g/mol. The molecule has 0 radical (unpaired) electrons. The number of para-hydroxylation sites is 3. The third-order valence-electron chi connectivity index (χ3n) is 6.65. The first-order valence-electron chi connectivity index (χ1n) is 12.1. The van der Waals surface area contributed by atoms with Crippen LogP contribution in [-0.4, -0.2) is 28.6 Å². The number of hydrogen-bond donors (Lipinski definition) is 0. The molecule has 1 fully saturated rings. The number of rotatable bonds is 8. The average Bonchev–Trinajstić information content (AvgIpc) is 3.41. The zero-order valence-corrected chi connectivity index (χ0v) is 19.9. The number of ether oxygens (including phenoxy) is 1. The third kappa shape index (κ3) is 4.56. The van der Waals surface area contributed by atoms with Gasteiger partial charge in [-0.2, -0.15) is 0 Å². The first-order chi connectivity index (χ1) is 16.6. The maximum atomic E-state index is 12.9. The molecule has 4 aromatic rings. The second-order valence-corrected chi connectivity index (χ2v) is 9.17. The summed E-state index contributed by atoms with van der Waals surface area (Å²) in [7, 11) is 0. The van der Waals surface area contributed by atoms with Gasteiger partial charge in [-0.15, -0.1) is 0 Å². The quantitative estimate of drug-likeness (QED) is 0.306. The van der Waals surface area contributed by atoms with Gasteiger partial charge < -0.3 is 14.2 Å². The van der Waals surface area contributed by atoms with E-state index in [0.29, 0.717) is 19.6 Å². The van der Waals surface area contributed by atoms with Crippen molar-refractivity contribution in [2.75, 3.05) is 18.1 Å². The molecule has 5 heteroatoms. The Bertz CT molecular complexity index is 1290. The zero-order chi connectivity index (χ0) is 23.5. The first-order valence-corrected chi connectivity index (χ1v) is 12.1. The van der Waals surface area contributed by atoms with Crippen LogP contribution in [0.3, 0.4) is 0 Å². The van der Waals surface area contributed by atoms with Crippen LogP contribution in [0.25, 0.3) is 11.0 Å². The Hall–Kier alpha value is -3.60. The lowest BCUT2D eigenvalue weighted by Gasteiger charge is -2.18. The van der Waals surface area contributed by atoms with E-state index < -0.39 is 0 Å². The van der Waals surface area contributed by atoms with Gasteiger partial charge in [0, 0.05) is 31.1 Å². The molecule has 1 aliphatic rings. The molecule has 5 nitrogen and oxygen atoms in total. The molecule has 3 aromatic carbocycles. The Balaban J connectivity index is 1.30. The van der Waals surface area contributed by atoms with Crippen LogP contribution < -0.4 is 9.64 Å². The molecule has 0 bridgehead atoms.